The fourth-order valence-electron chi connectivity index (χ4n) is 3.73. The SMILES string of the molecule is Nc1sc2ccccc2c1C(=O)N1CCC(Cc2ccccc2)CC1. The molecule has 1 saturated heterocycles. The molecule has 0 radical (unpaired) electrons. The minimum Gasteiger partial charge on any atom is -0.390 e. The second-order valence-corrected chi connectivity index (χ2v) is 7.85. The third kappa shape index (κ3) is 3.27. The molecule has 0 saturated carbocycles. The van der Waals surface area contributed by atoms with E-state index in [0.717, 1.165) is 42.4 Å². The fraction of sp³-hybridized carbons (Fsp3) is 0.286. The van der Waals surface area contributed by atoms with Gasteiger partial charge in [0, 0.05) is 23.2 Å². The van der Waals surface area contributed by atoms with Crippen molar-refractivity contribution in [1.82, 2.24) is 4.90 Å². The number of carbonyl (C=O) groups excluding carboxylic acids is 1. The van der Waals surface area contributed by atoms with Gasteiger partial charge in [-0.25, -0.2) is 0 Å². The summed E-state index contributed by atoms with van der Waals surface area (Å²) in [6.07, 6.45) is 3.22. The second-order valence-electron chi connectivity index (χ2n) is 6.76. The third-order valence-electron chi connectivity index (χ3n) is 5.11. The highest BCUT2D eigenvalue weighted by Crippen LogP contribution is 2.35. The molecular formula is C21H22N2OS. The molecule has 1 aliphatic heterocycles. The van der Waals surface area contributed by atoms with Crippen LogP contribution in [-0.4, -0.2) is 23.9 Å². The summed E-state index contributed by atoms with van der Waals surface area (Å²) in [5, 5.41) is 1.62. The van der Waals surface area contributed by atoms with Crippen molar-refractivity contribution < 1.29 is 4.79 Å². The van der Waals surface area contributed by atoms with Crippen LogP contribution in [0, 0.1) is 5.92 Å². The van der Waals surface area contributed by atoms with Crippen LogP contribution < -0.4 is 5.73 Å². The average Bonchev–Trinajstić information content (AvgIpc) is 2.98. The number of anilines is 1. The van der Waals surface area contributed by atoms with Crippen molar-refractivity contribution in [3.63, 3.8) is 0 Å². The molecule has 0 atom stereocenters. The van der Waals surface area contributed by atoms with E-state index in [-0.39, 0.29) is 5.91 Å². The molecule has 2 aromatic carbocycles. The number of nitrogens with zero attached hydrogens (tertiary/aromatic N) is 1. The van der Waals surface area contributed by atoms with Crippen LogP contribution in [0.5, 0.6) is 0 Å². The number of thiophene rings is 1. The van der Waals surface area contributed by atoms with Gasteiger partial charge in [-0.15, -0.1) is 11.3 Å². The maximum atomic E-state index is 13.0. The highest BCUT2D eigenvalue weighted by atomic mass is 32.1. The van der Waals surface area contributed by atoms with Crippen LogP contribution in [0.3, 0.4) is 0 Å². The van der Waals surface area contributed by atoms with E-state index in [9.17, 15) is 4.79 Å². The standard InChI is InChI=1S/C21H22N2OS/c22-20-19(17-8-4-5-9-18(17)25-20)21(24)23-12-10-16(11-13-23)14-15-6-2-1-3-7-15/h1-9,16H,10-14,22H2. The first-order valence-electron chi connectivity index (χ1n) is 8.82. The van der Waals surface area contributed by atoms with Gasteiger partial charge in [0.1, 0.15) is 0 Å². The highest BCUT2D eigenvalue weighted by Gasteiger charge is 2.27. The van der Waals surface area contributed by atoms with E-state index < -0.39 is 0 Å². The first-order chi connectivity index (χ1) is 12.2. The minimum atomic E-state index is 0.0908. The predicted octanol–water partition coefficient (Wildman–Crippen LogP) is 4.58. The first-order valence-corrected chi connectivity index (χ1v) is 9.64. The number of benzene rings is 2. The Morgan fingerprint density at radius 3 is 2.48 bits per heavy atom. The van der Waals surface area contributed by atoms with Gasteiger partial charge in [-0.2, -0.15) is 0 Å². The van der Waals surface area contributed by atoms with Crippen molar-refractivity contribution in [2.24, 2.45) is 5.92 Å². The van der Waals surface area contributed by atoms with Gasteiger partial charge < -0.3 is 10.6 Å². The summed E-state index contributed by atoms with van der Waals surface area (Å²) < 4.78 is 1.09. The van der Waals surface area contributed by atoms with Crippen LogP contribution in [0.2, 0.25) is 0 Å². The molecule has 3 aromatic rings. The summed E-state index contributed by atoms with van der Waals surface area (Å²) in [6.45, 7) is 1.64. The molecule has 1 aliphatic rings. The lowest BCUT2D eigenvalue weighted by atomic mass is 9.90. The van der Waals surface area contributed by atoms with Gasteiger partial charge in [0.25, 0.3) is 5.91 Å². The molecule has 0 bridgehead atoms. The van der Waals surface area contributed by atoms with E-state index in [1.54, 1.807) is 0 Å². The molecule has 25 heavy (non-hydrogen) atoms. The van der Waals surface area contributed by atoms with E-state index in [1.165, 1.54) is 16.9 Å². The van der Waals surface area contributed by atoms with Crippen LogP contribution in [0.15, 0.2) is 54.6 Å². The summed E-state index contributed by atoms with van der Waals surface area (Å²) in [6, 6.07) is 18.6. The molecule has 4 rings (SSSR count). The first kappa shape index (κ1) is 16.2. The van der Waals surface area contributed by atoms with E-state index in [4.69, 9.17) is 5.73 Å². The van der Waals surface area contributed by atoms with Gasteiger partial charge in [0.2, 0.25) is 0 Å². The number of rotatable bonds is 3. The Labute approximate surface area is 152 Å². The average molecular weight is 350 g/mol. The van der Waals surface area contributed by atoms with Gasteiger partial charge in [-0.05, 0) is 36.8 Å². The molecule has 1 aromatic heterocycles. The zero-order valence-corrected chi connectivity index (χ0v) is 15.0. The molecule has 0 aliphatic carbocycles. The number of hydrogen-bond donors (Lipinski definition) is 1. The Morgan fingerprint density at radius 1 is 1.04 bits per heavy atom. The Kier molecular flexibility index (Phi) is 4.45. The molecule has 0 spiro atoms. The van der Waals surface area contributed by atoms with E-state index in [2.05, 4.69) is 30.3 Å². The lowest BCUT2D eigenvalue weighted by Gasteiger charge is -2.32. The van der Waals surface area contributed by atoms with Crippen molar-refractivity contribution in [1.29, 1.82) is 0 Å². The molecule has 2 heterocycles. The minimum absolute atomic E-state index is 0.0908. The highest BCUT2D eigenvalue weighted by molar-refractivity contribution is 7.23. The van der Waals surface area contributed by atoms with Crippen LogP contribution in [0.1, 0.15) is 28.8 Å². The van der Waals surface area contributed by atoms with E-state index in [0.29, 0.717) is 16.5 Å². The predicted molar refractivity (Wildman–Crippen MR) is 105 cm³/mol. The van der Waals surface area contributed by atoms with E-state index >= 15 is 0 Å². The molecule has 1 fully saturated rings. The number of amides is 1. The Hall–Kier alpha value is -2.33. The van der Waals surface area contributed by atoms with Gasteiger partial charge in [0.05, 0.1) is 10.6 Å². The van der Waals surface area contributed by atoms with Crippen molar-refractivity contribution in [3.05, 3.63) is 65.7 Å². The van der Waals surface area contributed by atoms with Crippen LogP contribution in [-0.2, 0) is 6.42 Å². The topological polar surface area (TPSA) is 46.3 Å². The number of fused-ring (bicyclic) bond motifs is 1. The summed E-state index contributed by atoms with van der Waals surface area (Å²) in [5.41, 5.74) is 8.25. The second kappa shape index (κ2) is 6.89. The number of carbonyl (C=O) groups is 1. The lowest BCUT2D eigenvalue weighted by Crippen LogP contribution is -2.39. The summed E-state index contributed by atoms with van der Waals surface area (Å²) in [7, 11) is 0. The lowest BCUT2D eigenvalue weighted by molar-refractivity contribution is 0.0694. The summed E-state index contributed by atoms with van der Waals surface area (Å²) in [4.78, 5) is 15.0. The van der Waals surface area contributed by atoms with Gasteiger partial charge >= 0.3 is 0 Å². The molecule has 0 unspecified atom stereocenters. The van der Waals surface area contributed by atoms with Crippen LogP contribution in [0.4, 0.5) is 5.00 Å². The van der Waals surface area contributed by atoms with Crippen molar-refractivity contribution in [2.45, 2.75) is 19.3 Å². The summed E-state index contributed by atoms with van der Waals surface area (Å²) in [5.74, 6) is 0.746. The van der Waals surface area contributed by atoms with Crippen molar-refractivity contribution >= 4 is 32.3 Å². The number of hydrogen-bond acceptors (Lipinski definition) is 3. The zero-order chi connectivity index (χ0) is 17.2. The molecule has 1 amide bonds. The molecular weight excluding hydrogens is 328 g/mol. The van der Waals surface area contributed by atoms with Gasteiger partial charge in [0.15, 0.2) is 0 Å². The number of nitrogens with two attached hydrogens (primary N) is 1. The Bertz CT molecular complexity index is 879. The number of likely N-dealkylation sites (tertiary alicyclic amines) is 1. The Morgan fingerprint density at radius 2 is 1.72 bits per heavy atom. The van der Waals surface area contributed by atoms with Gasteiger partial charge in [-0.1, -0.05) is 48.5 Å². The maximum Gasteiger partial charge on any atom is 0.257 e. The number of piperidine rings is 1. The largest absolute Gasteiger partial charge is 0.390 e. The van der Waals surface area contributed by atoms with E-state index in [1.807, 2.05) is 29.2 Å². The normalized spacial score (nSPS) is 15.6. The third-order valence-corrected chi connectivity index (χ3v) is 6.11. The van der Waals surface area contributed by atoms with Crippen LogP contribution in [0.25, 0.3) is 10.1 Å². The number of nitrogen functional groups attached to an aromatic ring is 1. The van der Waals surface area contributed by atoms with Crippen LogP contribution >= 0.6 is 11.3 Å². The maximum absolute atomic E-state index is 13.0. The van der Waals surface area contributed by atoms with Crippen molar-refractivity contribution in [3.8, 4) is 0 Å². The monoisotopic (exact) mass is 350 g/mol. The molecule has 128 valence electrons. The quantitative estimate of drug-likeness (QED) is 0.751. The van der Waals surface area contributed by atoms with Gasteiger partial charge in [-0.3, -0.25) is 4.79 Å². The zero-order valence-electron chi connectivity index (χ0n) is 14.2. The molecule has 3 nitrogen and oxygen atoms in total. The summed E-state index contributed by atoms with van der Waals surface area (Å²) >= 11 is 1.50. The molecule has 4 heteroatoms. The fourth-order valence-corrected chi connectivity index (χ4v) is 4.69. The molecule has 2 N–H and O–H groups in total. The Balaban J connectivity index is 1.45. The van der Waals surface area contributed by atoms with Crippen molar-refractivity contribution in [2.75, 3.05) is 18.8 Å². The smallest absolute Gasteiger partial charge is 0.257 e.